The Balaban J connectivity index is 1.61. The van der Waals surface area contributed by atoms with Crippen molar-refractivity contribution in [2.45, 2.75) is 32.0 Å². The third-order valence-corrected chi connectivity index (χ3v) is 5.14. The van der Waals surface area contributed by atoms with Crippen molar-refractivity contribution in [3.8, 4) is 0 Å². The lowest BCUT2D eigenvalue weighted by Gasteiger charge is -2.32. The predicted molar refractivity (Wildman–Crippen MR) is 94.0 cm³/mol. The van der Waals surface area contributed by atoms with Crippen LogP contribution in [0.25, 0.3) is 10.9 Å². The van der Waals surface area contributed by atoms with Crippen molar-refractivity contribution in [3.63, 3.8) is 0 Å². The van der Waals surface area contributed by atoms with Crippen molar-refractivity contribution in [1.29, 1.82) is 0 Å². The van der Waals surface area contributed by atoms with Crippen molar-refractivity contribution in [1.82, 2.24) is 20.1 Å². The zero-order chi connectivity index (χ0) is 19.0. The average molecular weight is 376 g/mol. The van der Waals surface area contributed by atoms with Crippen LogP contribution >= 0.6 is 0 Å². The molecule has 4 rings (SSSR count). The van der Waals surface area contributed by atoms with E-state index in [0.717, 1.165) is 41.8 Å². The molecule has 2 heterocycles. The van der Waals surface area contributed by atoms with Crippen LogP contribution in [0.2, 0.25) is 0 Å². The Morgan fingerprint density at radius 3 is 2.74 bits per heavy atom. The number of carbonyl (C=O) groups excluding carboxylic acids is 1. The molecule has 142 valence electrons. The van der Waals surface area contributed by atoms with E-state index in [-0.39, 0.29) is 5.69 Å². The molecule has 5 nitrogen and oxygen atoms in total. The number of hydrogen-bond donors (Lipinski definition) is 2. The zero-order valence-corrected chi connectivity index (χ0v) is 14.5. The molecule has 1 aromatic carbocycles. The molecule has 27 heavy (non-hydrogen) atoms. The molecule has 0 atom stereocenters. The minimum atomic E-state index is -4.55. The highest BCUT2D eigenvalue weighted by atomic mass is 19.4. The van der Waals surface area contributed by atoms with Gasteiger partial charge < -0.3 is 9.88 Å². The summed E-state index contributed by atoms with van der Waals surface area (Å²) in [6, 6.07) is 8.50. The number of alkyl halides is 3. The molecule has 2 N–H and O–H groups in total. The van der Waals surface area contributed by atoms with Crippen LogP contribution in [0.3, 0.4) is 0 Å². The molecule has 1 amide bonds. The van der Waals surface area contributed by atoms with Gasteiger partial charge in [-0.2, -0.15) is 18.3 Å². The summed E-state index contributed by atoms with van der Waals surface area (Å²) in [5, 5.41) is 6.53. The fraction of sp³-hybridized carbons (Fsp3) is 0.368. The number of H-pyrrole nitrogens is 2. The summed E-state index contributed by atoms with van der Waals surface area (Å²) in [5.74, 6) is -0.0957. The smallest absolute Gasteiger partial charge is 0.361 e. The lowest BCUT2D eigenvalue weighted by molar-refractivity contribution is -0.141. The van der Waals surface area contributed by atoms with Gasteiger partial charge in [0.2, 0.25) is 0 Å². The normalized spacial score (nSPS) is 15.1. The van der Waals surface area contributed by atoms with Crippen molar-refractivity contribution in [2.75, 3.05) is 6.54 Å². The molecule has 8 heteroatoms. The Hall–Kier alpha value is -2.77. The monoisotopic (exact) mass is 376 g/mol. The van der Waals surface area contributed by atoms with E-state index in [2.05, 4.69) is 10.1 Å². The molecule has 0 radical (unpaired) electrons. The second kappa shape index (κ2) is 6.75. The molecule has 1 fully saturated rings. The third-order valence-electron chi connectivity index (χ3n) is 5.14. The summed E-state index contributed by atoms with van der Waals surface area (Å²) in [4.78, 5) is 17.7. The Labute approximate surface area is 153 Å². The lowest BCUT2D eigenvalue weighted by atomic mass is 9.85. The van der Waals surface area contributed by atoms with Gasteiger partial charge in [-0.3, -0.25) is 9.89 Å². The second-order valence-electron chi connectivity index (χ2n) is 7.00. The van der Waals surface area contributed by atoms with Gasteiger partial charge in [0.15, 0.2) is 5.69 Å². The summed E-state index contributed by atoms with van der Waals surface area (Å²) >= 11 is 0. The summed E-state index contributed by atoms with van der Waals surface area (Å²) in [5.41, 5.74) is 0.695. The first-order chi connectivity index (χ1) is 12.9. The van der Waals surface area contributed by atoms with E-state index >= 15 is 0 Å². The Morgan fingerprint density at radius 2 is 2.07 bits per heavy atom. The summed E-state index contributed by atoms with van der Waals surface area (Å²) < 4.78 is 38.5. The topological polar surface area (TPSA) is 64.8 Å². The number of carbonyl (C=O) groups is 1. The predicted octanol–water partition coefficient (Wildman–Crippen LogP) is 4.35. The van der Waals surface area contributed by atoms with Crippen molar-refractivity contribution in [3.05, 3.63) is 53.5 Å². The highest BCUT2D eigenvalue weighted by molar-refractivity contribution is 5.93. The van der Waals surface area contributed by atoms with Gasteiger partial charge in [0.05, 0.1) is 0 Å². The quantitative estimate of drug-likeness (QED) is 0.695. The standard InChI is InChI=1S/C19H19F3N4O/c20-19(21,22)17-9-16(24-25-17)18(27)26(10-12-3-1-4-12)11-13-5-2-6-15-14(13)7-8-23-15/h2,5-9,12,23H,1,3-4,10-11H2,(H,24,25). The number of aromatic amines is 2. The summed E-state index contributed by atoms with van der Waals surface area (Å²) in [7, 11) is 0. The number of nitrogens with zero attached hydrogens (tertiary/aromatic N) is 2. The van der Waals surface area contributed by atoms with Crippen LogP contribution in [0, 0.1) is 5.92 Å². The van der Waals surface area contributed by atoms with E-state index < -0.39 is 17.8 Å². The van der Waals surface area contributed by atoms with Crippen LogP contribution in [0.15, 0.2) is 36.5 Å². The number of amides is 1. The van der Waals surface area contributed by atoms with Gasteiger partial charge in [-0.05, 0) is 36.5 Å². The van der Waals surface area contributed by atoms with E-state index in [1.807, 2.05) is 35.6 Å². The van der Waals surface area contributed by atoms with E-state index in [9.17, 15) is 18.0 Å². The molecular formula is C19H19F3N4O. The number of rotatable bonds is 5. The fourth-order valence-corrected chi connectivity index (χ4v) is 3.44. The molecule has 0 aliphatic heterocycles. The van der Waals surface area contributed by atoms with Crippen molar-refractivity contribution >= 4 is 16.8 Å². The molecule has 0 unspecified atom stereocenters. The van der Waals surface area contributed by atoms with E-state index in [4.69, 9.17) is 0 Å². The number of aromatic nitrogens is 3. The Bertz CT molecular complexity index is 955. The van der Waals surface area contributed by atoms with Crippen LogP contribution in [0.5, 0.6) is 0 Å². The Morgan fingerprint density at radius 1 is 1.26 bits per heavy atom. The van der Waals surface area contributed by atoms with Crippen LogP contribution in [0.4, 0.5) is 13.2 Å². The number of benzene rings is 1. The molecular weight excluding hydrogens is 357 g/mol. The van der Waals surface area contributed by atoms with Gasteiger partial charge >= 0.3 is 6.18 Å². The van der Waals surface area contributed by atoms with E-state index in [1.165, 1.54) is 0 Å². The highest BCUT2D eigenvalue weighted by Gasteiger charge is 2.35. The number of nitrogens with one attached hydrogen (secondary N) is 2. The minimum absolute atomic E-state index is 0.206. The second-order valence-corrected chi connectivity index (χ2v) is 7.00. The average Bonchev–Trinajstić information content (AvgIpc) is 3.24. The number of hydrogen-bond acceptors (Lipinski definition) is 2. The highest BCUT2D eigenvalue weighted by Crippen LogP contribution is 2.30. The number of halogens is 3. The maximum absolute atomic E-state index is 12.9. The maximum Gasteiger partial charge on any atom is 0.432 e. The maximum atomic E-state index is 12.9. The SMILES string of the molecule is O=C(c1cc(C(F)(F)F)[nH]n1)N(Cc1cccc2[nH]ccc12)CC1CCC1. The first kappa shape index (κ1) is 17.6. The molecule has 3 aromatic rings. The van der Waals surface area contributed by atoms with E-state index in [0.29, 0.717) is 19.0 Å². The summed E-state index contributed by atoms with van der Waals surface area (Å²) in [6.45, 7) is 0.854. The molecule has 1 saturated carbocycles. The van der Waals surface area contributed by atoms with Gasteiger partial charge in [0.1, 0.15) is 5.69 Å². The Kier molecular flexibility index (Phi) is 4.41. The molecule has 2 aromatic heterocycles. The number of fused-ring (bicyclic) bond motifs is 1. The lowest BCUT2D eigenvalue weighted by Crippen LogP contribution is -2.37. The van der Waals surface area contributed by atoms with E-state index in [1.54, 1.807) is 4.90 Å². The molecule has 0 bridgehead atoms. The molecule has 0 spiro atoms. The van der Waals surface area contributed by atoms with Crippen LogP contribution in [-0.2, 0) is 12.7 Å². The molecule has 1 aliphatic carbocycles. The van der Waals surface area contributed by atoms with Crippen molar-refractivity contribution in [2.24, 2.45) is 5.92 Å². The largest absolute Gasteiger partial charge is 0.432 e. The minimum Gasteiger partial charge on any atom is -0.361 e. The molecule has 1 aliphatic rings. The third kappa shape index (κ3) is 3.56. The van der Waals surface area contributed by atoms with Gasteiger partial charge in [0, 0.05) is 36.3 Å². The molecule has 0 saturated heterocycles. The van der Waals surface area contributed by atoms with Gasteiger partial charge in [-0.15, -0.1) is 0 Å². The van der Waals surface area contributed by atoms with Gasteiger partial charge in [-0.25, -0.2) is 0 Å². The zero-order valence-electron chi connectivity index (χ0n) is 14.5. The van der Waals surface area contributed by atoms with Gasteiger partial charge in [0.25, 0.3) is 5.91 Å². The van der Waals surface area contributed by atoms with Crippen LogP contribution < -0.4 is 0 Å². The van der Waals surface area contributed by atoms with Gasteiger partial charge in [-0.1, -0.05) is 18.6 Å². The summed E-state index contributed by atoms with van der Waals surface area (Å²) in [6.07, 6.45) is 0.469. The first-order valence-electron chi connectivity index (χ1n) is 8.88. The van der Waals surface area contributed by atoms with Crippen LogP contribution in [0.1, 0.15) is 41.0 Å². The van der Waals surface area contributed by atoms with Crippen molar-refractivity contribution < 1.29 is 18.0 Å². The fourth-order valence-electron chi connectivity index (χ4n) is 3.44. The van der Waals surface area contributed by atoms with Crippen LogP contribution in [-0.4, -0.2) is 32.5 Å². The first-order valence-corrected chi connectivity index (χ1v) is 8.88.